The Morgan fingerprint density at radius 3 is 2.55 bits per heavy atom. The van der Waals surface area contributed by atoms with Crippen molar-refractivity contribution in [1.82, 2.24) is 4.57 Å². The number of aromatic nitrogens is 1. The molecule has 0 saturated heterocycles. The van der Waals surface area contributed by atoms with Gasteiger partial charge in [-0.2, -0.15) is 0 Å². The third-order valence-corrected chi connectivity index (χ3v) is 5.01. The predicted octanol–water partition coefficient (Wildman–Crippen LogP) is 3.79. The highest BCUT2D eigenvalue weighted by molar-refractivity contribution is 5.50. The smallest absolute Gasteiger partial charge is 0.196 e. The van der Waals surface area contributed by atoms with Crippen molar-refractivity contribution in [2.45, 2.75) is 37.5 Å². The topological polar surface area (TPSA) is 14.2 Å². The molecule has 1 saturated carbocycles. The summed E-state index contributed by atoms with van der Waals surface area (Å²) in [7, 11) is 3.98. The predicted molar refractivity (Wildman–Crippen MR) is 80.5 cm³/mol. The summed E-state index contributed by atoms with van der Waals surface area (Å²) in [6.07, 6.45) is 5.00. The van der Waals surface area contributed by atoms with Crippen LogP contribution in [0.15, 0.2) is 30.3 Å². The van der Waals surface area contributed by atoms with Crippen LogP contribution >= 0.6 is 0 Å². The molecule has 4 rings (SSSR count). The number of ether oxygens (including phenoxy) is 1. The zero-order chi connectivity index (χ0) is 13.7. The summed E-state index contributed by atoms with van der Waals surface area (Å²) >= 11 is 0. The van der Waals surface area contributed by atoms with Gasteiger partial charge in [0, 0.05) is 24.2 Å². The quantitative estimate of drug-likeness (QED) is 0.825. The highest BCUT2D eigenvalue weighted by atomic mass is 16.5. The van der Waals surface area contributed by atoms with E-state index in [2.05, 4.69) is 41.9 Å². The van der Waals surface area contributed by atoms with Crippen LogP contribution in [-0.4, -0.2) is 11.7 Å². The molecule has 1 aromatic heterocycles. The Morgan fingerprint density at radius 2 is 1.80 bits per heavy atom. The zero-order valence-corrected chi connectivity index (χ0v) is 12.2. The van der Waals surface area contributed by atoms with Gasteiger partial charge in [-0.1, -0.05) is 30.3 Å². The highest BCUT2D eigenvalue weighted by Crippen LogP contribution is 2.57. The van der Waals surface area contributed by atoms with Gasteiger partial charge in [0.15, 0.2) is 5.88 Å². The average molecular weight is 267 g/mol. The molecule has 0 bridgehead atoms. The first-order chi connectivity index (χ1) is 9.81. The van der Waals surface area contributed by atoms with Crippen molar-refractivity contribution >= 4 is 0 Å². The number of methoxy groups -OCH3 is 1. The van der Waals surface area contributed by atoms with Gasteiger partial charge in [0.2, 0.25) is 0 Å². The summed E-state index contributed by atoms with van der Waals surface area (Å²) in [5, 5.41) is 0. The van der Waals surface area contributed by atoms with Gasteiger partial charge in [-0.25, -0.2) is 0 Å². The Morgan fingerprint density at radius 1 is 1.05 bits per heavy atom. The monoisotopic (exact) mass is 267 g/mol. The molecule has 0 spiro atoms. The van der Waals surface area contributed by atoms with Gasteiger partial charge in [-0.05, 0) is 42.7 Å². The van der Waals surface area contributed by atoms with Gasteiger partial charge in [0.25, 0.3) is 0 Å². The Labute approximate surface area is 120 Å². The van der Waals surface area contributed by atoms with E-state index < -0.39 is 0 Å². The molecule has 20 heavy (non-hydrogen) atoms. The van der Waals surface area contributed by atoms with Gasteiger partial charge in [0.1, 0.15) is 0 Å². The fourth-order valence-corrected chi connectivity index (χ4v) is 4.08. The van der Waals surface area contributed by atoms with E-state index in [1.165, 1.54) is 36.8 Å². The molecule has 1 fully saturated rings. The Balaban J connectivity index is 1.71. The van der Waals surface area contributed by atoms with Crippen molar-refractivity contribution in [2.24, 2.45) is 7.05 Å². The molecule has 2 unspecified atom stereocenters. The molecule has 2 atom stereocenters. The minimum absolute atomic E-state index is 0.693. The minimum Gasteiger partial charge on any atom is -0.482 e. The van der Waals surface area contributed by atoms with Crippen molar-refractivity contribution in [1.29, 1.82) is 0 Å². The second kappa shape index (κ2) is 4.41. The van der Waals surface area contributed by atoms with Gasteiger partial charge in [-0.15, -0.1) is 0 Å². The maximum atomic E-state index is 5.65. The van der Waals surface area contributed by atoms with E-state index in [1.54, 1.807) is 18.4 Å². The summed E-state index contributed by atoms with van der Waals surface area (Å²) in [6.45, 7) is 0. The van der Waals surface area contributed by atoms with E-state index in [4.69, 9.17) is 4.74 Å². The van der Waals surface area contributed by atoms with E-state index in [1.807, 2.05) is 0 Å². The van der Waals surface area contributed by atoms with Crippen LogP contribution in [0.4, 0.5) is 0 Å². The minimum atomic E-state index is 0.693. The van der Waals surface area contributed by atoms with Gasteiger partial charge in [-0.3, -0.25) is 0 Å². The van der Waals surface area contributed by atoms with E-state index in [9.17, 15) is 0 Å². The number of hydrogen-bond acceptors (Lipinski definition) is 1. The van der Waals surface area contributed by atoms with Crippen LogP contribution in [-0.2, 0) is 19.9 Å². The zero-order valence-electron chi connectivity index (χ0n) is 12.2. The van der Waals surface area contributed by atoms with Gasteiger partial charge >= 0.3 is 0 Å². The number of benzene rings is 1. The molecule has 2 aliphatic carbocycles. The third-order valence-electron chi connectivity index (χ3n) is 5.01. The lowest BCUT2D eigenvalue weighted by Crippen LogP contribution is -2.01. The van der Waals surface area contributed by atoms with Crippen LogP contribution in [0.1, 0.15) is 47.1 Å². The second-order valence-electron chi connectivity index (χ2n) is 6.12. The summed E-state index contributed by atoms with van der Waals surface area (Å²) in [6, 6.07) is 10.9. The standard InChI is InChI=1S/C18H21NO/c1-19-17(13-9-6-10-14(13)18(19)20-2)16-11-15(16)12-7-4-3-5-8-12/h3-5,7-8,15-16H,6,9-11H2,1-2H3. The number of rotatable bonds is 3. The van der Waals surface area contributed by atoms with Gasteiger partial charge in [0.05, 0.1) is 7.11 Å². The molecule has 0 N–H and O–H groups in total. The number of nitrogens with zero attached hydrogens (tertiary/aromatic N) is 1. The van der Waals surface area contributed by atoms with E-state index in [-0.39, 0.29) is 0 Å². The maximum absolute atomic E-state index is 5.65. The Kier molecular flexibility index (Phi) is 2.66. The first kappa shape index (κ1) is 12.1. The third kappa shape index (κ3) is 1.64. The molecule has 0 aliphatic heterocycles. The highest BCUT2D eigenvalue weighted by Gasteiger charge is 2.44. The number of fused-ring (bicyclic) bond motifs is 1. The van der Waals surface area contributed by atoms with E-state index in [0.29, 0.717) is 11.8 Å². The number of hydrogen-bond donors (Lipinski definition) is 0. The Hall–Kier alpha value is -1.70. The normalized spacial score (nSPS) is 23.7. The lowest BCUT2D eigenvalue weighted by Gasteiger charge is -2.09. The van der Waals surface area contributed by atoms with Crippen molar-refractivity contribution in [3.05, 3.63) is 52.7 Å². The van der Waals surface area contributed by atoms with Crippen LogP contribution < -0.4 is 4.74 Å². The fourth-order valence-electron chi connectivity index (χ4n) is 4.08. The van der Waals surface area contributed by atoms with Crippen molar-refractivity contribution in [3.63, 3.8) is 0 Å². The average Bonchev–Trinajstić information content (AvgIpc) is 3.03. The van der Waals surface area contributed by atoms with Crippen LogP contribution in [0.2, 0.25) is 0 Å². The molecule has 1 heterocycles. The molecular weight excluding hydrogens is 246 g/mol. The molecule has 0 amide bonds. The molecule has 2 heteroatoms. The summed E-state index contributed by atoms with van der Waals surface area (Å²) in [5.74, 6) is 2.50. The molecule has 2 nitrogen and oxygen atoms in total. The SMILES string of the molecule is COc1c2c(c(C3CC3c3ccccc3)n1C)CCC2. The second-order valence-corrected chi connectivity index (χ2v) is 6.12. The first-order valence-electron chi connectivity index (χ1n) is 7.60. The van der Waals surface area contributed by atoms with Crippen LogP contribution in [0.3, 0.4) is 0 Å². The molecule has 2 aromatic rings. The van der Waals surface area contributed by atoms with Gasteiger partial charge < -0.3 is 9.30 Å². The first-order valence-corrected chi connectivity index (χ1v) is 7.60. The summed E-state index contributed by atoms with van der Waals surface area (Å²) < 4.78 is 7.97. The lowest BCUT2D eigenvalue weighted by atomic mass is 10.0. The van der Waals surface area contributed by atoms with Crippen LogP contribution in [0, 0.1) is 0 Å². The van der Waals surface area contributed by atoms with Crippen molar-refractivity contribution in [2.75, 3.05) is 7.11 Å². The molecule has 104 valence electrons. The maximum Gasteiger partial charge on any atom is 0.196 e. The lowest BCUT2D eigenvalue weighted by molar-refractivity contribution is 0.375. The largest absolute Gasteiger partial charge is 0.482 e. The van der Waals surface area contributed by atoms with Crippen molar-refractivity contribution < 1.29 is 4.74 Å². The molecule has 2 aliphatic rings. The molecular formula is C18H21NO. The van der Waals surface area contributed by atoms with Crippen molar-refractivity contribution in [3.8, 4) is 5.88 Å². The fraction of sp³-hybridized carbons (Fsp3) is 0.444. The summed E-state index contributed by atoms with van der Waals surface area (Å²) in [4.78, 5) is 0. The van der Waals surface area contributed by atoms with Crippen LogP contribution in [0.5, 0.6) is 5.88 Å². The van der Waals surface area contributed by atoms with E-state index in [0.717, 1.165) is 5.88 Å². The van der Waals surface area contributed by atoms with E-state index >= 15 is 0 Å². The molecule has 0 radical (unpaired) electrons. The Bertz CT molecular complexity index is 641. The molecule has 1 aromatic carbocycles. The van der Waals surface area contributed by atoms with Crippen LogP contribution in [0.25, 0.3) is 0 Å². The summed E-state index contributed by atoms with van der Waals surface area (Å²) in [5.41, 5.74) is 6.10.